The molecular formula is C45H34N4. The topological polar surface area (TPSA) is 32.3 Å². The van der Waals surface area contributed by atoms with Crippen molar-refractivity contribution < 1.29 is 0 Å². The van der Waals surface area contributed by atoms with Crippen LogP contribution < -0.4 is 9.80 Å². The van der Waals surface area contributed by atoms with Crippen LogP contribution in [0.4, 0.5) is 28.4 Å². The lowest BCUT2D eigenvalue weighted by Crippen LogP contribution is -2.18. The summed E-state index contributed by atoms with van der Waals surface area (Å²) in [4.78, 5) is 14.1. The van der Waals surface area contributed by atoms with E-state index in [1.807, 2.05) is 18.2 Å². The van der Waals surface area contributed by atoms with Gasteiger partial charge < -0.3 is 9.80 Å². The molecule has 8 rings (SSSR count). The highest BCUT2D eigenvalue weighted by Crippen LogP contribution is 2.40. The summed E-state index contributed by atoms with van der Waals surface area (Å²) in [6.07, 6.45) is 11.9. The Kier molecular flexibility index (Phi) is 8.11. The summed E-state index contributed by atoms with van der Waals surface area (Å²) >= 11 is 0. The molecule has 6 aromatic carbocycles. The molecular weight excluding hydrogens is 597 g/mol. The molecule has 0 spiro atoms. The van der Waals surface area contributed by atoms with Crippen LogP contribution in [0.1, 0.15) is 5.56 Å². The van der Waals surface area contributed by atoms with Gasteiger partial charge in [0.05, 0.1) is 11.4 Å². The van der Waals surface area contributed by atoms with Crippen LogP contribution in [0.5, 0.6) is 0 Å². The summed E-state index contributed by atoms with van der Waals surface area (Å²) in [5.74, 6) is 0. The zero-order chi connectivity index (χ0) is 33.0. The summed E-state index contributed by atoms with van der Waals surface area (Å²) in [5, 5.41) is 2.41. The van der Waals surface area contributed by atoms with Gasteiger partial charge in [-0.15, -0.1) is 0 Å². The molecule has 0 atom stereocenters. The Bertz CT molecular complexity index is 2320. The van der Waals surface area contributed by atoms with Gasteiger partial charge in [-0.2, -0.15) is 0 Å². The highest BCUT2D eigenvalue weighted by Gasteiger charge is 2.18. The van der Waals surface area contributed by atoms with Crippen molar-refractivity contribution in [3.8, 4) is 22.5 Å². The maximum atomic E-state index is 4.75. The average Bonchev–Trinajstić information content (AvgIpc) is 3.25. The molecule has 1 aliphatic rings. The molecule has 4 heteroatoms. The lowest BCUT2D eigenvalue weighted by atomic mass is 10.0. The first-order valence-corrected chi connectivity index (χ1v) is 16.5. The smallest absolute Gasteiger partial charge is 0.0965 e. The van der Waals surface area contributed by atoms with E-state index in [9.17, 15) is 0 Å². The number of hydrogen-bond acceptors (Lipinski definition) is 4. The van der Waals surface area contributed by atoms with Crippen LogP contribution in [0.2, 0.25) is 0 Å². The normalized spacial score (nSPS) is 14.0. The molecule has 0 radical (unpaired) electrons. The summed E-state index contributed by atoms with van der Waals surface area (Å²) in [6.45, 7) is 5.08. The molecule has 1 aliphatic heterocycles. The quantitative estimate of drug-likeness (QED) is 0.183. The number of fused-ring (bicyclic) bond motifs is 2. The summed E-state index contributed by atoms with van der Waals surface area (Å²) in [7, 11) is 0. The maximum absolute atomic E-state index is 4.75. The third-order valence-corrected chi connectivity index (χ3v) is 8.93. The minimum atomic E-state index is 0.747. The van der Waals surface area contributed by atoms with E-state index < -0.39 is 0 Å². The van der Waals surface area contributed by atoms with Gasteiger partial charge in [-0.05, 0) is 70.9 Å². The van der Waals surface area contributed by atoms with E-state index in [2.05, 4.69) is 168 Å². The molecule has 49 heavy (non-hydrogen) atoms. The Labute approximate surface area is 287 Å². The Hall–Kier alpha value is -6.52. The maximum Gasteiger partial charge on any atom is 0.0965 e. The molecule has 0 aliphatic carbocycles. The lowest BCUT2D eigenvalue weighted by Gasteiger charge is -2.29. The van der Waals surface area contributed by atoms with Crippen molar-refractivity contribution in [3.63, 3.8) is 0 Å². The first-order valence-electron chi connectivity index (χ1n) is 16.5. The number of anilines is 5. The van der Waals surface area contributed by atoms with Gasteiger partial charge in [-0.3, -0.25) is 9.97 Å². The van der Waals surface area contributed by atoms with E-state index in [0.29, 0.717) is 0 Å². The van der Waals surface area contributed by atoms with Gasteiger partial charge in [0.25, 0.3) is 0 Å². The van der Waals surface area contributed by atoms with Crippen LogP contribution in [0, 0.1) is 0 Å². The largest absolute Gasteiger partial charge is 0.337 e. The second kappa shape index (κ2) is 13.3. The first-order chi connectivity index (χ1) is 24.2. The number of benzene rings is 6. The van der Waals surface area contributed by atoms with Crippen molar-refractivity contribution >= 4 is 44.8 Å². The predicted octanol–water partition coefficient (Wildman–Crippen LogP) is 11.7. The molecule has 7 aromatic rings. The number of nitrogens with zero attached hydrogens (tertiary/aromatic N) is 4. The van der Waals surface area contributed by atoms with Gasteiger partial charge in [0.15, 0.2) is 0 Å². The van der Waals surface area contributed by atoms with E-state index in [0.717, 1.165) is 68.6 Å². The van der Waals surface area contributed by atoms with E-state index in [-0.39, 0.29) is 0 Å². The van der Waals surface area contributed by atoms with E-state index >= 15 is 0 Å². The molecule has 234 valence electrons. The van der Waals surface area contributed by atoms with Crippen LogP contribution in [-0.2, 0) is 0 Å². The van der Waals surface area contributed by atoms with Gasteiger partial charge in [0.2, 0.25) is 0 Å². The fraction of sp³-hybridized carbons (Fsp3) is 0.0222. The van der Waals surface area contributed by atoms with Crippen molar-refractivity contribution in [2.45, 2.75) is 0 Å². The Morgan fingerprint density at radius 1 is 0.551 bits per heavy atom. The Morgan fingerprint density at radius 3 is 1.92 bits per heavy atom. The molecule has 0 saturated carbocycles. The van der Waals surface area contributed by atoms with Crippen molar-refractivity contribution in [2.24, 2.45) is 0 Å². The molecule has 0 N–H and O–H groups in total. The average molecular weight is 631 g/mol. The second-order valence-corrected chi connectivity index (χ2v) is 12.0. The van der Waals surface area contributed by atoms with E-state index in [1.54, 1.807) is 12.4 Å². The SMILES string of the molecule is C=C1/C=C\C=C/CN(c2ccc(N(c3ccc(-c4nccnc4-c4ccccc4)cc3)c3ccc4ccccc4c3)cc2)c2ccccc21. The van der Waals surface area contributed by atoms with Crippen molar-refractivity contribution in [3.05, 3.63) is 194 Å². The standard InChI is InChI=1S/C45H34N4/c1-33-12-4-3-11-31-48(43-18-10-9-17-42(33)43)38-25-27-40(28-26-38)49(41-24-19-34-13-7-8-16-37(34)32-41)39-22-20-36(21-23-39)45-44(46-29-30-47-45)35-14-5-2-6-15-35/h2-30,32H,1,31H2/b11-3-,12-4-. The summed E-state index contributed by atoms with van der Waals surface area (Å²) < 4.78 is 0. The highest BCUT2D eigenvalue weighted by molar-refractivity contribution is 5.90. The van der Waals surface area contributed by atoms with Gasteiger partial charge in [0.1, 0.15) is 0 Å². The molecule has 4 nitrogen and oxygen atoms in total. The third kappa shape index (κ3) is 6.04. The Balaban J connectivity index is 1.19. The second-order valence-electron chi connectivity index (χ2n) is 12.0. The first kappa shape index (κ1) is 29.9. The van der Waals surface area contributed by atoms with Gasteiger partial charge in [-0.1, -0.05) is 122 Å². The van der Waals surface area contributed by atoms with E-state index in [4.69, 9.17) is 9.97 Å². The zero-order valence-corrected chi connectivity index (χ0v) is 27.0. The zero-order valence-electron chi connectivity index (χ0n) is 27.0. The number of para-hydroxylation sites is 1. The van der Waals surface area contributed by atoms with Gasteiger partial charge in [-0.25, -0.2) is 0 Å². The molecule has 0 saturated heterocycles. The van der Waals surface area contributed by atoms with Crippen molar-refractivity contribution in [1.82, 2.24) is 9.97 Å². The van der Waals surface area contributed by atoms with Crippen molar-refractivity contribution in [2.75, 3.05) is 16.3 Å². The van der Waals surface area contributed by atoms with E-state index in [1.165, 1.54) is 10.8 Å². The highest BCUT2D eigenvalue weighted by atomic mass is 15.2. The predicted molar refractivity (Wildman–Crippen MR) is 206 cm³/mol. The van der Waals surface area contributed by atoms with Crippen molar-refractivity contribution in [1.29, 1.82) is 0 Å². The number of allylic oxidation sites excluding steroid dienone is 4. The number of rotatable bonds is 6. The lowest BCUT2D eigenvalue weighted by molar-refractivity contribution is 1.09. The van der Waals surface area contributed by atoms with Crippen LogP contribution in [0.15, 0.2) is 189 Å². The molecule has 0 bridgehead atoms. The molecule has 2 heterocycles. The van der Waals surface area contributed by atoms with Crippen LogP contribution in [-0.4, -0.2) is 16.5 Å². The molecule has 0 amide bonds. The summed E-state index contributed by atoms with van der Waals surface area (Å²) in [5.41, 5.74) is 11.4. The minimum Gasteiger partial charge on any atom is -0.337 e. The molecule has 0 fully saturated rings. The minimum absolute atomic E-state index is 0.747. The number of hydrogen-bond donors (Lipinski definition) is 0. The fourth-order valence-electron chi connectivity index (χ4n) is 6.50. The third-order valence-electron chi connectivity index (χ3n) is 8.93. The van der Waals surface area contributed by atoms with Gasteiger partial charge >= 0.3 is 0 Å². The molecule has 0 unspecified atom stereocenters. The summed E-state index contributed by atoms with van der Waals surface area (Å²) in [6, 6.07) is 51.3. The van der Waals surface area contributed by atoms with Crippen LogP contribution in [0.25, 0.3) is 38.9 Å². The van der Waals surface area contributed by atoms with Gasteiger partial charge in [0, 0.05) is 64.1 Å². The molecule has 1 aromatic heterocycles. The van der Waals surface area contributed by atoms with Crippen LogP contribution in [0.3, 0.4) is 0 Å². The monoisotopic (exact) mass is 630 g/mol. The van der Waals surface area contributed by atoms with Crippen LogP contribution >= 0.6 is 0 Å². The number of aromatic nitrogens is 2. The fourth-order valence-corrected chi connectivity index (χ4v) is 6.50. The Morgan fingerprint density at radius 2 is 1.16 bits per heavy atom.